The van der Waals surface area contributed by atoms with Gasteiger partial charge in [0.05, 0.1) is 17.2 Å². The summed E-state index contributed by atoms with van der Waals surface area (Å²) in [6.07, 6.45) is 1.80. The summed E-state index contributed by atoms with van der Waals surface area (Å²) in [7, 11) is 0. The van der Waals surface area contributed by atoms with E-state index >= 15 is 0 Å². The SMILES string of the molecule is CCOC(=O)C1=C(O)C(=Cc2ccccc2OCc2ccccc2)SC1=Nc1ccc(C)cc1. The Bertz CT molecular complexity index is 1260. The van der Waals surface area contributed by atoms with Crippen LogP contribution in [0.25, 0.3) is 6.08 Å². The molecule has 34 heavy (non-hydrogen) atoms. The molecule has 6 heteroatoms. The normalized spacial score (nSPS) is 15.7. The third-order valence-electron chi connectivity index (χ3n) is 5.08. The minimum absolute atomic E-state index is 0.0707. The summed E-state index contributed by atoms with van der Waals surface area (Å²) in [6, 6.07) is 25.1. The van der Waals surface area contributed by atoms with Crippen molar-refractivity contribution in [1.29, 1.82) is 0 Å². The summed E-state index contributed by atoms with van der Waals surface area (Å²) in [4.78, 5) is 17.8. The Hall–Kier alpha value is -3.77. The lowest BCUT2D eigenvalue weighted by Crippen LogP contribution is -2.12. The zero-order valence-electron chi connectivity index (χ0n) is 19.0. The van der Waals surface area contributed by atoms with Gasteiger partial charge in [0.25, 0.3) is 0 Å². The Labute approximate surface area is 203 Å². The number of hydrogen-bond donors (Lipinski definition) is 1. The first-order chi connectivity index (χ1) is 16.5. The molecule has 0 bridgehead atoms. The van der Waals surface area contributed by atoms with Gasteiger partial charge < -0.3 is 14.6 Å². The Morgan fingerprint density at radius 1 is 1.00 bits per heavy atom. The molecule has 1 aliphatic heterocycles. The maximum atomic E-state index is 12.6. The van der Waals surface area contributed by atoms with Gasteiger partial charge in [-0.2, -0.15) is 0 Å². The van der Waals surface area contributed by atoms with E-state index in [-0.39, 0.29) is 17.9 Å². The Balaban J connectivity index is 1.67. The molecular weight excluding hydrogens is 446 g/mol. The van der Waals surface area contributed by atoms with Gasteiger partial charge in [0.2, 0.25) is 0 Å². The standard InChI is InChI=1S/C28H25NO4S/c1-3-32-28(31)25-26(30)24(34-27(25)29-22-15-13-19(2)14-16-22)17-21-11-7-8-12-23(21)33-18-20-9-5-4-6-10-20/h4-17,30H,3,18H2,1-2H3. The molecule has 0 amide bonds. The lowest BCUT2D eigenvalue weighted by Gasteiger charge is -2.10. The minimum Gasteiger partial charge on any atom is -0.506 e. The van der Waals surface area contributed by atoms with E-state index in [4.69, 9.17) is 9.47 Å². The average molecular weight is 472 g/mol. The number of nitrogens with zero attached hydrogens (tertiary/aromatic N) is 1. The van der Waals surface area contributed by atoms with E-state index in [9.17, 15) is 9.90 Å². The van der Waals surface area contributed by atoms with Crippen LogP contribution in [0.2, 0.25) is 0 Å². The topological polar surface area (TPSA) is 68.1 Å². The highest BCUT2D eigenvalue weighted by Crippen LogP contribution is 2.41. The molecule has 0 fully saturated rings. The number of carbonyl (C=O) groups excluding carboxylic acids is 1. The van der Waals surface area contributed by atoms with E-state index in [2.05, 4.69) is 4.99 Å². The Morgan fingerprint density at radius 3 is 2.44 bits per heavy atom. The first-order valence-electron chi connectivity index (χ1n) is 11.0. The zero-order valence-corrected chi connectivity index (χ0v) is 19.8. The van der Waals surface area contributed by atoms with Crippen LogP contribution < -0.4 is 4.74 Å². The van der Waals surface area contributed by atoms with E-state index in [0.29, 0.717) is 28.0 Å². The predicted molar refractivity (Wildman–Crippen MR) is 137 cm³/mol. The van der Waals surface area contributed by atoms with Crippen LogP contribution in [0.15, 0.2) is 100 Å². The predicted octanol–water partition coefficient (Wildman–Crippen LogP) is 6.77. The van der Waals surface area contributed by atoms with Crippen LogP contribution in [-0.2, 0) is 16.1 Å². The van der Waals surface area contributed by atoms with Crippen molar-refractivity contribution >= 4 is 34.5 Å². The zero-order chi connectivity index (χ0) is 23.9. The van der Waals surface area contributed by atoms with E-state index in [0.717, 1.165) is 16.7 Å². The van der Waals surface area contributed by atoms with Crippen molar-refractivity contribution in [3.05, 3.63) is 112 Å². The summed E-state index contributed by atoms with van der Waals surface area (Å²) >= 11 is 1.23. The fourth-order valence-corrected chi connectivity index (χ4v) is 4.36. The number of para-hydroxylation sites is 1. The number of thioether (sulfide) groups is 1. The van der Waals surface area contributed by atoms with Crippen LogP contribution in [0, 0.1) is 6.92 Å². The van der Waals surface area contributed by atoms with Gasteiger partial charge in [-0.05, 0) is 43.7 Å². The Kier molecular flexibility index (Phi) is 7.50. The number of rotatable bonds is 7. The van der Waals surface area contributed by atoms with Gasteiger partial charge >= 0.3 is 5.97 Å². The van der Waals surface area contributed by atoms with Gasteiger partial charge in [0.1, 0.15) is 28.7 Å². The monoisotopic (exact) mass is 471 g/mol. The van der Waals surface area contributed by atoms with Crippen LogP contribution in [0.5, 0.6) is 5.75 Å². The third-order valence-corrected chi connectivity index (χ3v) is 6.10. The van der Waals surface area contributed by atoms with Gasteiger partial charge in [0.15, 0.2) is 0 Å². The summed E-state index contributed by atoms with van der Waals surface area (Å²) in [5.74, 6) is -0.0728. The molecule has 4 rings (SSSR count). The number of aliphatic imine (C=N–C) groups is 1. The number of esters is 1. The third kappa shape index (κ3) is 5.58. The highest BCUT2D eigenvalue weighted by Gasteiger charge is 2.33. The first kappa shape index (κ1) is 23.4. The van der Waals surface area contributed by atoms with Crippen LogP contribution >= 0.6 is 11.8 Å². The molecule has 0 saturated carbocycles. The molecule has 0 radical (unpaired) electrons. The van der Waals surface area contributed by atoms with Crippen molar-refractivity contribution in [3.63, 3.8) is 0 Å². The molecule has 0 aromatic heterocycles. The number of aryl methyl sites for hydroxylation is 1. The molecule has 0 unspecified atom stereocenters. The number of ether oxygens (including phenoxy) is 2. The molecule has 0 spiro atoms. The van der Waals surface area contributed by atoms with Crippen LogP contribution in [-0.4, -0.2) is 22.7 Å². The van der Waals surface area contributed by atoms with Gasteiger partial charge in [-0.1, -0.05) is 78.0 Å². The number of hydrogen-bond acceptors (Lipinski definition) is 6. The van der Waals surface area contributed by atoms with Gasteiger partial charge in [0, 0.05) is 5.56 Å². The lowest BCUT2D eigenvalue weighted by molar-refractivity contribution is -0.138. The van der Waals surface area contributed by atoms with E-state index in [1.165, 1.54) is 11.8 Å². The molecule has 5 nitrogen and oxygen atoms in total. The quantitative estimate of drug-likeness (QED) is 0.385. The number of aliphatic hydroxyl groups is 1. The maximum Gasteiger partial charge on any atom is 0.344 e. The summed E-state index contributed by atoms with van der Waals surface area (Å²) in [6.45, 7) is 4.35. The molecule has 1 N–H and O–H groups in total. The fraction of sp³-hybridized carbons (Fsp3) is 0.143. The number of carbonyl (C=O) groups is 1. The molecule has 1 heterocycles. The van der Waals surface area contributed by atoms with Gasteiger partial charge in [-0.3, -0.25) is 0 Å². The summed E-state index contributed by atoms with van der Waals surface area (Å²) in [5, 5.41) is 11.4. The molecule has 0 atom stereocenters. The average Bonchev–Trinajstić information content (AvgIpc) is 3.15. The van der Waals surface area contributed by atoms with Crippen LogP contribution in [0.4, 0.5) is 5.69 Å². The van der Waals surface area contributed by atoms with Crippen molar-refractivity contribution in [1.82, 2.24) is 0 Å². The van der Waals surface area contributed by atoms with Crippen LogP contribution in [0.3, 0.4) is 0 Å². The second-order valence-corrected chi connectivity index (χ2v) is 8.65. The highest BCUT2D eigenvalue weighted by atomic mass is 32.2. The highest BCUT2D eigenvalue weighted by molar-refractivity contribution is 8.18. The molecule has 172 valence electrons. The Morgan fingerprint density at radius 2 is 1.71 bits per heavy atom. The molecular formula is C28H25NO4S. The van der Waals surface area contributed by atoms with Gasteiger partial charge in [-0.15, -0.1) is 0 Å². The first-order valence-corrected chi connectivity index (χ1v) is 11.8. The molecule has 1 aliphatic rings. The van der Waals surface area contributed by atoms with Gasteiger partial charge in [-0.25, -0.2) is 9.79 Å². The van der Waals surface area contributed by atoms with Crippen molar-refractivity contribution in [3.8, 4) is 5.75 Å². The second-order valence-electron chi connectivity index (χ2n) is 7.62. The summed E-state index contributed by atoms with van der Waals surface area (Å²) in [5.41, 5.74) is 3.71. The van der Waals surface area contributed by atoms with Crippen LogP contribution in [0.1, 0.15) is 23.6 Å². The minimum atomic E-state index is -0.602. The second kappa shape index (κ2) is 10.9. The molecule has 3 aromatic rings. The van der Waals surface area contributed by atoms with E-state index in [1.54, 1.807) is 13.0 Å². The lowest BCUT2D eigenvalue weighted by atomic mass is 10.1. The van der Waals surface area contributed by atoms with E-state index in [1.807, 2.05) is 85.8 Å². The van der Waals surface area contributed by atoms with Crippen molar-refractivity contribution in [2.24, 2.45) is 4.99 Å². The molecule has 0 saturated heterocycles. The molecule has 0 aliphatic carbocycles. The van der Waals surface area contributed by atoms with E-state index < -0.39 is 5.97 Å². The van der Waals surface area contributed by atoms with Crippen molar-refractivity contribution in [2.75, 3.05) is 6.61 Å². The van der Waals surface area contributed by atoms with Crippen molar-refractivity contribution < 1.29 is 19.4 Å². The maximum absolute atomic E-state index is 12.6. The smallest absolute Gasteiger partial charge is 0.344 e. The fourth-order valence-electron chi connectivity index (χ4n) is 3.34. The largest absolute Gasteiger partial charge is 0.506 e. The summed E-state index contributed by atoms with van der Waals surface area (Å²) < 4.78 is 11.2. The molecule has 3 aromatic carbocycles. The van der Waals surface area contributed by atoms with Crippen molar-refractivity contribution in [2.45, 2.75) is 20.5 Å². The number of benzene rings is 3. The number of aliphatic hydroxyl groups excluding tert-OH is 1.